The van der Waals surface area contributed by atoms with Crippen molar-refractivity contribution in [2.24, 2.45) is 0 Å². The van der Waals surface area contributed by atoms with Gasteiger partial charge in [0.1, 0.15) is 11.6 Å². The summed E-state index contributed by atoms with van der Waals surface area (Å²) in [6.07, 6.45) is 5.63. The molecule has 3 rings (SSSR count). The molecule has 3 heteroatoms. The van der Waals surface area contributed by atoms with Crippen molar-refractivity contribution in [2.45, 2.75) is 50.6 Å². The van der Waals surface area contributed by atoms with E-state index < -0.39 is 0 Å². The van der Waals surface area contributed by atoms with Gasteiger partial charge in [-0.05, 0) is 30.9 Å². The topological polar surface area (TPSA) is 20.3 Å². The molecule has 19 heavy (non-hydrogen) atoms. The minimum Gasteiger partial charge on any atom is -0.300 e. The molecule has 0 saturated carbocycles. The summed E-state index contributed by atoms with van der Waals surface area (Å²) in [5, 5.41) is 0. The summed E-state index contributed by atoms with van der Waals surface area (Å²) in [6, 6.07) is 7.82. The van der Waals surface area contributed by atoms with Gasteiger partial charge in [0.2, 0.25) is 0 Å². The van der Waals surface area contributed by atoms with E-state index in [1.54, 1.807) is 6.07 Å². The number of rotatable bonds is 3. The van der Waals surface area contributed by atoms with Crippen molar-refractivity contribution in [2.75, 3.05) is 6.54 Å². The van der Waals surface area contributed by atoms with Crippen LogP contribution in [0.25, 0.3) is 0 Å². The van der Waals surface area contributed by atoms with Gasteiger partial charge < -0.3 is 0 Å². The molecule has 2 bridgehead atoms. The Morgan fingerprint density at radius 2 is 1.84 bits per heavy atom. The Bertz CT molecular complexity index is 458. The van der Waals surface area contributed by atoms with E-state index in [9.17, 15) is 9.18 Å². The van der Waals surface area contributed by atoms with E-state index in [1.165, 1.54) is 12.5 Å². The van der Waals surface area contributed by atoms with Gasteiger partial charge in [-0.3, -0.25) is 9.69 Å². The van der Waals surface area contributed by atoms with E-state index in [4.69, 9.17) is 0 Å². The van der Waals surface area contributed by atoms with E-state index >= 15 is 0 Å². The number of Topliss-reactive ketones (excluding diaryl/α,β-unsaturated/α-hetero) is 1. The summed E-state index contributed by atoms with van der Waals surface area (Å²) in [5.41, 5.74) is 0.789. The first kappa shape index (κ1) is 12.8. The molecule has 2 fully saturated rings. The van der Waals surface area contributed by atoms with Crippen LogP contribution in [-0.2, 0) is 11.2 Å². The van der Waals surface area contributed by atoms with Gasteiger partial charge in [-0.15, -0.1) is 0 Å². The van der Waals surface area contributed by atoms with Gasteiger partial charge in [-0.25, -0.2) is 4.39 Å². The second-order valence-corrected chi connectivity index (χ2v) is 5.76. The van der Waals surface area contributed by atoms with Crippen LogP contribution in [0.5, 0.6) is 0 Å². The van der Waals surface area contributed by atoms with E-state index in [0.717, 1.165) is 31.4 Å². The van der Waals surface area contributed by atoms with Gasteiger partial charge in [0, 0.05) is 31.5 Å². The number of ketones is 1. The van der Waals surface area contributed by atoms with Crippen molar-refractivity contribution in [1.82, 2.24) is 4.90 Å². The lowest BCUT2D eigenvalue weighted by Crippen LogP contribution is -2.52. The quantitative estimate of drug-likeness (QED) is 0.833. The summed E-state index contributed by atoms with van der Waals surface area (Å²) in [5.74, 6) is 0.303. The van der Waals surface area contributed by atoms with Crippen molar-refractivity contribution in [3.05, 3.63) is 35.6 Å². The Balaban J connectivity index is 1.66. The molecule has 2 saturated heterocycles. The third-order valence-corrected chi connectivity index (χ3v) is 4.54. The predicted octanol–water partition coefficient (Wildman–Crippen LogP) is 2.95. The highest BCUT2D eigenvalue weighted by Gasteiger charge is 2.36. The van der Waals surface area contributed by atoms with Gasteiger partial charge in [-0.1, -0.05) is 24.6 Å². The number of hydrogen-bond donors (Lipinski definition) is 0. The van der Waals surface area contributed by atoms with Crippen LogP contribution in [0.1, 0.15) is 37.7 Å². The average molecular weight is 261 g/mol. The molecule has 0 amide bonds. The predicted molar refractivity (Wildman–Crippen MR) is 72.5 cm³/mol. The van der Waals surface area contributed by atoms with E-state index in [0.29, 0.717) is 30.7 Å². The Morgan fingerprint density at radius 1 is 1.16 bits per heavy atom. The zero-order valence-electron chi connectivity index (χ0n) is 11.1. The number of benzene rings is 1. The molecule has 2 aliphatic heterocycles. The minimum atomic E-state index is -0.110. The zero-order chi connectivity index (χ0) is 13.2. The molecule has 0 aliphatic carbocycles. The maximum absolute atomic E-state index is 13.6. The summed E-state index contributed by atoms with van der Waals surface area (Å²) in [7, 11) is 0. The first-order chi connectivity index (χ1) is 9.24. The molecule has 2 unspecified atom stereocenters. The Morgan fingerprint density at radius 3 is 2.53 bits per heavy atom. The number of hydrogen-bond acceptors (Lipinski definition) is 2. The zero-order valence-corrected chi connectivity index (χ0v) is 11.1. The fourth-order valence-corrected chi connectivity index (χ4v) is 3.58. The second-order valence-electron chi connectivity index (χ2n) is 5.76. The van der Waals surface area contributed by atoms with Gasteiger partial charge in [0.15, 0.2) is 0 Å². The molecule has 0 N–H and O–H groups in total. The van der Waals surface area contributed by atoms with E-state index in [2.05, 4.69) is 4.90 Å². The highest BCUT2D eigenvalue weighted by atomic mass is 19.1. The third kappa shape index (κ3) is 2.71. The summed E-state index contributed by atoms with van der Waals surface area (Å²) >= 11 is 0. The monoisotopic (exact) mass is 261 g/mol. The molecular formula is C16H20FNO. The number of fused-ring (bicyclic) bond motifs is 2. The normalized spacial score (nSPS) is 27.5. The standard InChI is InChI=1S/C16H20FNO/c17-16-7-2-1-4-12(16)8-9-18-13-5-3-6-14(18)11-15(19)10-13/h1-2,4,7,13-14H,3,5-6,8-11H2. The van der Waals surface area contributed by atoms with E-state index in [1.807, 2.05) is 12.1 Å². The molecular weight excluding hydrogens is 241 g/mol. The molecule has 2 aliphatic rings. The molecule has 2 atom stereocenters. The average Bonchev–Trinajstić information content (AvgIpc) is 2.38. The molecule has 0 spiro atoms. The Hall–Kier alpha value is -1.22. The van der Waals surface area contributed by atoms with Crippen LogP contribution >= 0.6 is 0 Å². The third-order valence-electron chi connectivity index (χ3n) is 4.54. The van der Waals surface area contributed by atoms with Crippen LogP contribution in [-0.4, -0.2) is 29.3 Å². The maximum Gasteiger partial charge on any atom is 0.136 e. The lowest BCUT2D eigenvalue weighted by atomic mass is 9.83. The number of carbonyl (C=O) groups is 1. The number of carbonyl (C=O) groups excluding carboxylic acids is 1. The fourth-order valence-electron chi connectivity index (χ4n) is 3.58. The number of halogens is 1. The Kier molecular flexibility index (Phi) is 3.65. The largest absolute Gasteiger partial charge is 0.300 e. The second kappa shape index (κ2) is 5.41. The molecule has 2 heterocycles. The minimum absolute atomic E-state index is 0.110. The Labute approximate surface area is 113 Å². The number of nitrogens with zero attached hydrogens (tertiary/aromatic N) is 1. The summed E-state index contributed by atoms with van der Waals surface area (Å²) in [4.78, 5) is 14.1. The highest BCUT2D eigenvalue weighted by Crippen LogP contribution is 2.32. The van der Waals surface area contributed by atoms with Crippen molar-refractivity contribution in [3.63, 3.8) is 0 Å². The van der Waals surface area contributed by atoms with Gasteiger partial charge >= 0.3 is 0 Å². The van der Waals surface area contributed by atoms with Crippen molar-refractivity contribution < 1.29 is 9.18 Å². The van der Waals surface area contributed by atoms with Gasteiger partial charge in [-0.2, -0.15) is 0 Å². The lowest BCUT2D eigenvalue weighted by molar-refractivity contribution is -0.127. The summed E-state index contributed by atoms with van der Waals surface area (Å²) in [6.45, 7) is 0.879. The van der Waals surface area contributed by atoms with Crippen LogP contribution in [0.15, 0.2) is 24.3 Å². The van der Waals surface area contributed by atoms with Crippen LogP contribution in [0.3, 0.4) is 0 Å². The van der Waals surface area contributed by atoms with Crippen LogP contribution in [0.2, 0.25) is 0 Å². The van der Waals surface area contributed by atoms with Crippen LogP contribution in [0.4, 0.5) is 4.39 Å². The molecule has 102 valence electrons. The van der Waals surface area contributed by atoms with Gasteiger partial charge in [0.05, 0.1) is 0 Å². The van der Waals surface area contributed by atoms with Gasteiger partial charge in [0.25, 0.3) is 0 Å². The highest BCUT2D eigenvalue weighted by molar-refractivity contribution is 5.80. The van der Waals surface area contributed by atoms with Crippen molar-refractivity contribution in [3.8, 4) is 0 Å². The van der Waals surface area contributed by atoms with Crippen LogP contribution in [0, 0.1) is 5.82 Å². The number of piperidine rings is 2. The fraction of sp³-hybridized carbons (Fsp3) is 0.562. The molecule has 0 radical (unpaired) electrons. The molecule has 0 aromatic heterocycles. The van der Waals surface area contributed by atoms with Crippen molar-refractivity contribution >= 4 is 5.78 Å². The molecule has 1 aromatic carbocycles. The van der Waals surface area contributed by atoms with Crippen LogP contribution < -0.4 is 0 Å². The van der Waals surface area contributed by atoms with E-state index in [-0.39, 0.29) is 5.82 Å². The first-order valence-electron chi connectivity index (χ1n) is 7.25. The first-order valence-corrected chi connectivity index (χ1v) is 7.25. The lowest BCUT2D eigenvalue weighted by Gasteiger charge is -2.45. The smallest absolute Gasteiger partial charge is 0.136 e. The van der Waals surface area contributed by atoms with Crippen molar-refractivity contribution in [1.29, 1.82) is 0 Å². The molecule has 1 aromatic rings. The molecule has 2 nitrogen and oxygen atoms in total. The maximum atomic E-state index is 13.6. The SMILES string of the molecule is O=C1CC2CCCC(C1)N2CCc1ccccc1F. The summed E-state index contributed by atoms with van der Waals surface area (Å²) < 4.78 is 13.6.